The normalized spacial score (nSPS) is 10.5. The Morgan fingerprint density at radius 1 is 1.11 bits per heavy atom. The predicted octanol–water partition coefficient (Wildman–Crippen LogP) is 2.10. The van der Waals surface area contributed by atoms with Crippen LogP contribution in [0.25, 0.3) is 0 Å². The smallest absolute Gasteiger partial charge is 0.148 e. The van der Waals surface area contributed by atoms with Crippen LogP contribution in [0.3, 0.4) is 0 Å². The number of nitrogens with two attached hydrogens (primary N) is 1. The third-order valence-electron chi connectivity index (χ3n) is 3.22. The largest absolute Gasteiger partial charge is 0.497 e. The molecule has 3 N–H and O–H groups in total. The number of hydrogen-bond donors (Lipinski definition) is 2. The second kappa shape index (κ2) is 5.65. The molecule has 0 saturated carbocycles. The van der Waals surface area contributed by atoms with Crippen molar-refractivity contribution < 1.29 is 9.47 Å². The van der Waals surface area contributed by atoms with Crippen molar-refractivity contribution in [2.45, 2.75) is 19.8 Å². The van der Waals surface area contributed by atoms with Crippen LogP contribution in [0.4, 0.5) is 5.82 Å². The molecule has 0 unspecified atom stereocenters. The first-order valence-electron chi connectivity index (χ1n) is 6.15. The van der Waals surface area contributed by atoms with Crippen molar-refractivity contribution >= 4 is 5.82 Å². The number of anilines is 1. The van der Waals surface area contributed by atoms with Crippen molar-refractivity contribution in [3.63, 3.8) is 0 Å². The highest BCUT2D eigenvalue weighted by Gasteiger charge is 2.07. The van der Waals surface area contributed by atoms with Crippen molar-refractivity contribution in [3.8, 4) is 11.5 Å². The average Bonchev–Trinajstić information content (AvgIpc) is 2.76. The highest BCUT2D eigenvalue weighted by molar-refractivity contribution is 5.42. The molecule has 1 aromatic carbocycles. The minimum absolute atomic E-state index is 0.568. The first kappa shape index (κ1) is 13.3. The van der Waals surface area contributed by atoms with Gasteiger partial charge >= 0.3 is 0 Å². The SMILES string of the molecule is COc1cc(CCc2[nH]nc(N)c2C)cc(OC)c1. The van der Waals surface area contributed by atoms with E-state index < -0.39 is 0 Å². The van der Waals surface area contributed by atoms with Gasteiger partial charge in [-0.2, -0.15) is 5.10 Å². The molecule has 0 atom stereocenters. The van der Waals surface area contributed by atoms with Crippen LogP contribution in [0, 0.1) is 6.92 Å². The lowest BCUT2D eigenvalue weighted by molar-refractivity contribution is 0.393. The lowest BCUT2D eigenvalue weighted by Gasteiger charge is -2.08. The topological polar surface area (TPSA) is 73.2 Å². The van der Waals surface area contributed by atoms with Gasteiger partial charge in [-0.25, -0.2) is 0 Å². The van der Waals surface area contributed by atoms with E-state index in [1.165, 1.54) is 0 Å². The Labute approximate surface area is 112 Å². The fourth-order valence-electron chi connectivity index (χ4n) is 1.97. The molecule has 0 fully saturated rings. The van der Waals surface area contributed by atoms with Crippen LogP contribution >= 0.6 is 0 Å². The summed E-state index contributed by atoms with van der Waals surface area (Å²) < 4.78 is 10.5. The summed E-state index contributed by atoms with van der Waals surface area (Å²) >= 11 is 0. The maximum atomic E-state index is 5.72. The lowest BCUT2D eigenvalue weighted by atomic mass is 10.1. The zero-order valence-corrected chi connectivity index (χ0v) is 11.5. The van der Waals surface area contributed by atoms with Gasteiger partial charge in [0.2, 0.25) is 0 Å². The zero-order chi connectivity index (χ0) is 13.8. The number of rotatable bonds is 5. The van der Waals surface area contributed by atoms with Crippen molar-refractivity contribution in [1.82, 2.24) is 10.2 Å². The van der Waals surface area contributed by atoms with Crippen LogP contribution in [-0.2, 0) is 12.8 Å². The van der Waals surface area contributed by atoms with E-state index in [-0.39, 0.29) is 0 Å². The van der Waals surface area contributed by atoms with Gasteiger partial charge in [-0.1, -0.05) is 0 Å². The van der Waals surface area contributed by atoms with Crippen molar-refractivity contribution in [3.05, 3.63) is 35.0 Å². The van der Waals surface area contributed by atoms with E-state index in [9.17, 15) is 0 Å². The lowest BCUT2D eigenvalue weighted by Crippen LogP contribution is -1.96. The predicted molar refractivity (Wildman–Crippen MR) is 74.7 cm³/mol. The first-order valence-corrected chi connectivity index (χ1v) is 6.15. The number of methoxy groups -OCH3 is 2. The first-order chi connectivity index (χ1) is 9.13. The van der Waals surface area contributed by atoms with E-state index in [1.807, 2.05) is 25.1 Å². The molecule has 0 aliphatic heterocycles. The molecule has 5 nitrogen and oxygen atoms in total. The third kappa shape index (κ3) is 2.99. The van der Waals surface area contributed by atoms with Gasteiger partial charge in [0, 0.05) is 17.3 Å². The maximum Gasteiger partial charge on any atom is 0.148 e. The average molecular weight is 261 g/mol. The van der Waals surface area contributed by atoms with Crippen molar-refractivity contribution in [2.75, 3.05) is 20.0 Å². The monoisotopic (exact) mass is 261 g/mol. The highest BCUT2D eigenvalue weighted by Crippen LogP contribution is 2.24. The summed E-state index contributed by atoms with van der Waals surface area (Å²) in [4.78, 5) is 0. The Kier molecular flexibility index (Phi) is 3.94. The number of nitrogens with one attached hydrogen (secondary N) is 1. The second-order valence-electron chi connectivity index (χ2n) is 4.43. The van der Waals surface area contributed by atoms with Gasteiger partial charge in [-0.05, 0) is 37.5 Å². The molecular weight excluding hydrogens is 242 g/mol. The number of aromatic amines is 1. The second-order valence-corrected chi connectivity index (χ2v) is 4.43. The van der Waals surface area contributed by atoms with Gasteiger partial charge in [0.1, 0.15) is 17.3 Å². The summed E-state index contributed by atoms with van der Waals surface area (Å²) in [6, 6.07) is 5.89. The van der Waals surface area contributed by atoms with Crippen LogP contribution in [0.1, 0.15) is 16.8 Å². The number of H-pyrrole nitrogens is 1. The molecule has 0 aliphatic carbocycles. The molecule has 5 heteroatoms. The Morgan fingerprint density at radius 3 is 2.21 bits per heavy atom. The molecule has 0 bridgehead atoms. The van der Waals surface area contributed by atoms with Crippen LogP contribution in [-0.4, -0.2) is 24.4 Å². The third-order valence-corrected chi connectivity index (χ3v) is 3.22. The number of nitrogens with zero attached hydrogens (tertiary/aromatic N) is 1. The quantitative estimate of drug-likeness (QED) is 0.864. The van der Waals surface area contributed by atoms with Crippen molar-refractivity contribution in [1.29, 1.82) is 0 Å². The molecule has 2 rings (SSSR count). The molecule has 0 amide bonds. The Balaban J connectivity index is 2.12. The molecule has 0 aliphatic rings. The fraction of sp³-hybridized carbons (Fsp3) is 0.357. The van der Waals surface area contributed by atoms with Crippen molar-refractivity contribution in [2.24, 2.45) is 0 Å². The molecule has 102 valence electrons. The molecule has 0 spiro atoms. The van der Waals surface area contributed by atoms with E-state index in [2.05, 4.69) is 10.2 Å². The summed E-state index contributed by atoms with van der Waals surface area (Å²) in [5.41, 5.74) is 8.97. The van der Waals surface area contributed by atoms with Gasteiger partial charge in [-0.3, -0.25) is 5.10 Å². The van der Waals surface area contributed by atoms with E-state index in [4.69, 9.17) is 15.2 Å². The van der Waals surface area contributed by atoms with Gasteiger partial charge in [-0.15, -0.1) is 0 Å². The molecule has 0 saturated heterocycles. The van der Waals surface area contributed by atoms with E-state index in [1.54, 1.807) is 14.2 Å². The standard InChI is InChI=1S/C14H19N3O2/c1-9-13(16-17-14(9)15)5-4-10-6-11(18-2)8-12(7-10)19-3/h6-8H,4-5H2,1-3H3,(H3,15,16,17). The molecule has 1 aromatic heterocycles. The Morgan fingerprint density at radius 2 is 1.74 bits per heavy atom. The number of aromatic nitrogens is 2. The van der Waals surface area contributed by atoms with Crippen LogP contribution < -0.4 is 15.2 Å². The number of nitrogen functional groups attached to an aromatic ring is 1. The highest BCUT2D eigenvalue weighted by atomic mass is 16.5. The maximum absolute atomic E-state index is 5.72. The number of benzene rings is 1. The summed E-state index contributed by atoms with van der Waals surface area (Å²) in [7, 11) is 3.30. The summed E-state index contributed by atoms with van der Waals surface area (Å²) in [5.74, 6) is 2.17. The molecular formula is C14H19N3O2. The number of hydrogen-bond acceptors (Lipinski definition) is 4. The van der Waals surface area contributed by atoms with Gasteiger partial charge in [0.15, 0.2) is 0 Å². The van der Waals surface area contributed by atoms with Gasteiger partial charge in [0.05, 0.1) is 14.2 Å². The van der Waals surface area contributed by atoms with Gasteiger partial charge in [0.25, 0.3) is 0 Å². The molecule has 1 heterocycles. The van der Waals surface area contributed by atoms with Crippen LogP contribution in [0.5, 0.6) is 11.5 Å². The minimum Gasteiger partial charge on any atom is -0.497 e. The van der Waals surface area contributed by atoms with E-state index >= 15 is 0 Å². The van der Waals surface area contributed by atoms with E-state index in [0.717, 1.165) is 41.2 Å². The Hall–Kier alpha value is -2.17. The summed E-state index contributed by atoms with van der Waals surface area (Å²) in [6.45, 7) is 1.97. The molecule has 0 radical (unpaired) electrons. The summed E-state index contributed by atoms with van der Waals surface area (Å²) in [5, 5.41) is 6.96. The van der Waals surface area contributed by atoms with Crippen LogP contribution in [0.2, 0.25) is 0 Å². The van der Waals surface area contributed by atoms with Crippen LogP contribution in [0.15, 0.2) is 18.2 Å². The minimum atomic E-state index is 0.568. The fourth-order valence-corrected chi connectivity index (χ4v) is 1.97. The Bertz CT molecular complexity index is 542. The molecule has 2 aromatic rings. The molecule has 19 heavy (non-hydrogen) atoms. The van der Waals surface area contributed by atoms with Gasteiger partial charge < -0.3 is 15.2 Å². The number of ether oxygens (including phenoxy) is 2. The summed E-state index contributed by atoms with van der Waals surface area (Å²) in [6.07, 6.45) is 1.72. The number of aryl methyl sites for hydroxylation is 2. The van der Waals surface area contributed by atoms with E-state index in [0.29, 0.717) is 5.82 Å². The zero-order valence-electron chi connectivity index (χ0n) is 11.5.